The zero-order chi connectivity index (χ0) is 11.6. The van der Waals surface area contributed by atoms with Crippen LogP contribution >= 0.6 is 0 Å². The molecule has 1 aliphatic rings. The summed E-state index contributed by atoms with van der Waals surface area (Å²) in [6.45, 7) is 16.8. The first-order valence-corrected chi connectivity index (χ1v) is 5.73. The van der Waals surface area contributed by atoms with Crippen LogP contribution in [-0.4, -0.2) is 24.3 Å². The fourth-order valence-corrected chi connectivity index (χ4v) is 0.736. The minimum atomic E-state index is 0.650. The summed E-state index contributed by atoms with van der Waals surface area (Å²) in [5.41, 5.74) is 6.06. The molecular weight excluding hydrogens is 174 g/mol. The smallest absolute Gasteiger partial charge is 0.0629 e. The van der Waals surface area contributed by atoms with Gasteiger partial charge in [-0.1, -0.05) is 34.6 Å². The average Bonchev–Trinajstić information content (AvgIpc) is 2.58. The summed E-state index contributed by atoms with van der Waals surface area (Å²) >= 11 is 0. The van der Waals surface area contributed by atoms with Gasteiger partial charge in [0.25, 0.3) is 0 Å². The normalized spacial score (nSPS) is 16.1. The summed E-state index contributed by atoms with van der Waals surface area (Å²) in [6.07, 6.45) is 0. The first-order chi connectivity index (χ1) is 6.54. The second kappa shape index (κ2) is 11.0. The van der Waals surface area contributed by atoms with Gasteiger partial charge in [0, 0.05) is 6.04 Å². The van der Waals surface area contributed by atoms with Crippen molar-refractivity contribution in [3.05, 3.63) is 0 Å². The minimum Gasteiger partial charge on any atom is -0.273 e. The van der Waals surface area contributed by atoms with Gasteiger partial charge in [-0.3, -0.25) is 4.90 Å². The number of nitrogens with one attached hydrogen (secondary N) is 2. The van der Waals surface area contributed by atoms with Crippen molar-refractivity contribution >= 4 is 0 Å². The molecule has 0 unspecified atom stereocenters. The predicted octanol–water partition coefficient (Wildman–Crippen LogP) is 2.41. The maximum Gasteiger partial charge on any atom is 0.0629 e. The van der Waals surface area contributed by atoms with Crippen LogP contribution in [0.15, 0.2) is 0 Å². The highest BCUT2D eigenvalue weighted by Crippen LogP contribution is 1.95. The molecule has 1 heterocycles. The molecule has 0 spiro atoms. The Labute approximate surface area is 90.2 Å². The highest BCUT2D eigenvalue weighted by Gasteiger charge is 2.11. The van der Waals surface area contributed by atoms with Crippen molar-refractivity contribution in [2.75, 3.05) is 13.3 Å². The molecule has 0 bridgehead atoms. The average molecular weight is 203 g/mol. The Kier molecular flexibility index (Phi) is 12.8. The quantitative estimate of drug-likeness (QED) is 0.685. The Morgan fingerprint density at radius 1 is 0.857 bits per heavy atom. The Morgan fingerprint density at radius 2 is 1.14 bits per heavy atom. The Hall–Kier alpha value is -0.120. The van der Waals surface area contributed by atoms with Gasteiger partial charge >= 0.3 is 0 Å². The topological polar surface area (TPSA) is 27.3 Å². The zero-order valence-corrected chi connectivity index (χ0v) is 11.0. The maximum absolute atomic E-state index is 3.03. The van der Waals surface area contributed by atoms with E-state index in [9.17, 15) is 0 Å². The van der Waals surface area contributed by atoms with E-state index in [1.165, 1.54) is 0 Å². The number of hydrogen-bond donors (Lipinski definition) is 2. The lowest BCUT2D eigenvalue weighted by atomic mass is 10.3. The van der Waals surface area contributed by atoms with Crippen LogP contribution in [0.4, 0.5) is 0 Å². The third kappa shape index (κ3) is 11.9. The number of nitrogens with zero attached hydrogens (tertiary/aromatic N) is 1. The minimum absolute atomic E-state index is 0.650. The molecule has 0 radical (unpaired) electrons. The number of hydrogen-bond acceptors (Lipinski definition) is 3. The highest BCUT2D eigenvalue weighted by atomic mass is 15.5. The van der Waals surface area contributed by atoms with Gasteiger partial charge in [-0.05, 0) is 19.8 Å². The van der Waals surface area contributed by atoms with Gasteiger partial charge in [0.2, 0.25) is 0 Å². The molecule has 3 nitrogen and oxygen atoms in total. The van der Waals surface area contributed by atoms with Crippen molar-refractivity contribution in [1.29, 1.82) is 0 Å². The van der Waals surface area contributed by atoms with Crippen LogP contribution in [-0.2, 0) is 0 Å². The van der Waals surface area contributed by atoms with Gasteiger partial charge < -0.3 is 0 Å². The van der Waals surface area contributed by atoms with Crippen LogP contribution in [0.3, 0.4) is 0 Å². The molecule has 1 rings (SSSR count). The summed E-state index contributed by atoms with van der Waals surface area (Å²) in [4.78, 5) is 2.31. The lowest BCUT2D eigenvalue weighted by Crippen LogP contribution is -2.29. The molecule has 0 aromatic carbocycles. The van der Waals surface area contributed by atoms with Gasteiger partial charge in [-0.2, -0.15) is 0 Å². The largest absolute Gasteiger partial charge is 0.273 e. The molecule has 0 saturated carbocycles. The molecule has 0 atom stereocenters. The van der Waals surface area contributed by atoms with Gasteiger partial charge in [-0.15, -0.1) is 0 Å². The fraction of sp³-hybridized carbons (Fsp3) is 1.00. The van der Waals surface area contributed by atoms with Crippen LogP contribution < -0.4 is 10.9 Å². The van der Waals surface area contributed by atoms with E-state index in [1.54, 1.807) is 0 Å². The Morgan fingerprint density at radius 3 is 1.29 bits per heavy atom. The molecule has 0 amide bonds. The summed E-state index contributed by atoms with van der Waals surface area (Å²) in [6, 6.07) is 0.650. The second-order valence-electron chi connectivity index (χ2n) is 4.08. The molecule has 0 aromatic heterocycles. The van der Waals surface area contributed by atoms with Crippen LogP contribution in [0.5, 0.6) is 0 Å². The molecule has 0 aliphatic carbocycles. The van der Waals surface area contributed by atoms with Crippen molar-refractivity contribution in [2.45, 2.75) is 54.5 Å². The van der Waals surface area contributed by atoms with Crippen LogP contribution in [0, 0.1) is 5.92 Å². The third-order valence-electron chi connectivity index (χ3n) is 1.42. The first-order valence-electron chi connectivity index (χ1n) is 5.73. The Bertz CT molecular complexity index is 94.0. The van der Waals surface area contributed by atoms with Crippen molar-refractivity contribution in [3.8, 4) is 0 Å². The van der Waals surface area contributed by atoms with Gasteiger partial charge in [0.05, 0.1) is 13.3 Å². The molecular formula is C11H29N3. The first kappa shape index (κ1) is 16.3. The SMILES string of the molecule is CC.CC(C)C.CC(C)N1CNNC1. The van der Waals surface area contributed by atoms with Crippen molar-refractivity contribution < 1.29 is 0 Å². The molecule has 88 valence electrons. The zero-order valence-electron chi connectivity index (χ0n) is 11.0. The Balaban J connectivity index is 0. The molecule has 0 aromatic rings. The van der Waals surface area contributed by atoms with Crippen molar-refractivity contribution in [1.82, 2.24) is 15.8 Å². The summed E-state index contributed by atoms with van der Waals surface area (Å²) in [5, 5.41) is 0. The second-order valence-corrected chi connectivity index (χ2v) is 4.08. The van der Waals surface area contributed by atoms with Crippen molar-refractivity contribution in [3.63, 3.8) is 0 Å². The van der Waals surface area contributed by atoms with Gasteiger partial charge in [-0.25, -0.2) is 10.9 Å². The molecule has 1 saturated heterocycles. The molecule has 3 heteroatoms. The number of hydrazine groups is 1. The standard InChI is InChI=1S/C5H13N3.C4H10.C2H6/c1-5(2)8-3-6-7-4-8;1-4(2)3;1-2/h5-7H,3-4H2,1-2H3;4H,1-3H3;1-2H3. The lowest BCUT2D eigenvalue weighted by molar-refractivity contribution is 0.269. The monoisotopic (exact) mass is 203 g/mol. The molecule has 14 heavy (non-hydrogen) atoms. The van der Waals surface area contributed by atoms with E-state index in [-0.39, 0.29) is 0 Å². The third-order valence-corrected chi connectivity index (χ3v) is 1.42. The summed E-state index contributed by atoms with van der Waals surface area (Å²) in [7, 11) is 0. The molecule has 2 N–H and O–H groups in total. The summed E-state index contributed by atoms with van der Waals surface area (Å²) in [5.74, 6) is 0.833. The fourth-order valence-electron chi connectivity index (χ4n) is 0.736. The van der Waals surface area contributed by atoms with Gasteiger partial charge in [0.1, 0.15) is 0 Å². The van der Waals surface area contributed by atoms with E-state index < -0.39 is 0 Å². The van der Waals surface area contributed by atoms with E-state index in [1.807, 2.05) is 13.8 Å². The van der Waals surface area contributed by atoms with E-state index in [2.05, 4.69) is 50.4 Å². The summed E-state index contributed by atoms with van der Waals surface area (Å²) < 4.78 is 0. The van der Waals surface area contributed by atoms with Crippen LogP contribution in [0.2, 0.25) is 0 Å². The highest BCUT2D eigenvalue weighted by molar-refractivity contribution is 4.62. The van der Waals surface area contributed by atoms with E-state index >= 15 is 0 Å². The number of rotatable bonds is 1. The van der Waals surface area contributed by atoms with Crippen molar-refractivity contribution in [2.24, 2.45) is 5.92 Å². The van der Waals surface area contributed by atoms with E-state index in [0.29, 0.717) is 6.04 Å². The van der Waals surface area contributed by atoms with Gasteiger partial charge in [0.15, 0.2) is 0 Å². The maximum atomic E-state index is 3.03. The predicted molar refractivity (Wildman–Crippen MR) is 64.8 cm³/mol. The van der Waals surface area contributed by atoms with Crippen LogP contribution in [0.1, 0.15) is 48.5 Å². The van der Waals surface area contributed by atoms with Crippen LogP contribution in [0.25, 0.3) is 0 Å². The molecule has 1 fully saturated rings. The van der Waals surface area contributed by atoms with E-state index in [0.717, 1.165) is 19.3 Å². The lowest BCUT2D eigenvalue weighted by Gasteiger charge is -2.16. The molecule has 1 aliphatic heterocycles. The van der Waals surface area contributed by atoms with E-state index in [4.69, 9.17) is 0 Å².